The van der Waals surface area contributed by atoms with E-state index < -0.39 is 0 Å². The number of halogens is 1. The Bertz CT molecular complexity index is 895. The van der Waals surface area contributed by atoms with E-state index in [-0.39, 0.29) is 18.3 Å². The number of rotatable bonds is 6. The van der Waals surface area contributed by atoms with Crippen molar-refractivity contribution in [1.82, 2.24) is 4.90 Å². The van der Waals surface area contributed by atoms with Gasteiger partial charge in [0.15, 0.2) is 0 Å². The molecule has 0 radical (unpaired) electrons. The molecule has 3 nitrogen and oxygen atoms in total. The minimum absolute atomic E-state index is 0.127. The zero-order valence-electron chi connectivity index (χ0n) is 13.9. The van der Waals surface area contributed by atoms with Crippen molar-refractivity contribution in [3.05, 3.63) is 83.0 Å². The maximum atomic E-state index is 13.7. The quantitative estimate of drug-likeness (QED) is 0.406. The van der Waals surface area contributed by atoms with E-state index in [4.69, 9.17) is 17.0 Å². The van der Waals surface area contributed by atoms with Crippen LogP contribution in [-0.4, -0.2) is 21.7 Å². The van der Waals surface area contributed by atoms with E-state index >= 15 is 0 Å². The SMILES string of the molecule is C=CCN1C(=O)/C(=C\c2cccc(OCc3ccccc3F)c2)SC1=S. The van der Waals surface area contributed by atoms with Crippen molar-refractivity contribution in [3.8, 4) is 5.75 Å². The van der Waals surface area contributed by atoms with Crippen LogP contribution in [0.15, 0.2) is 66.1 Å². The molecule has 26 heavy (non-hydrogen) atoms. The molecule has 3 rings (SSSR count). The first-order valence-electron chi connectivity index (χ1n) is 7.91. The molecule has 0 aliphatic carbocycles. The molecular formula is C20H16FNO2S2. The molecule has 0 atom stereocenters. The van der Waals surface area contributed by atoms with Crippen LogP contribution in [0.1, 0.15) is 11.1 Å². The van der Waals surface area contributed by atoms with Crippen molar-refractivity contribution in [3.63, 3.8) is 0 Å². The van der Waals surface area contributed by atoms with Gasteiger partial charge in [-0.05, 0) is 29.8 Å². The van der Waals surface area contributed by atoms with Crippen LogP contribution in [0.4, 0.5) is 4.39 Å². The van der Waals surface area contributed by atoms with Crippen molar-refractivity contribution in [2.24, 2.45) is 0 Å². The summed E-state index contributed by atoms with van der Waals surface area (Å²) in [5.74, 6) is 0.177. The molecule has 2 aromatic carbocycles. The number of hydrogen-bond acceptors (Lipinski definition) is 4. The zero-order chi connectivity index (χ0) is 18.5. The summed E-state index contributed by atoms with van der Waals surface area (Å²) in [5.41, 5.74) is 1.30. The topological polar surface area (TPSA) is 29.5 Å². The lowest BCUT2D eigenvalue weighted by Crippen LogP contribution is -2.27. The van der Waals surface area contributed by atoms with Gasteiger partial charge in [-0.15, -0.1) is 6.58 Å². The lowest BCUT2D eigenvalue weighted by atomic mass is 10.2. The van der Waals surface area contributed by atoms with Crippen molar-refractivity contribution in [1.29, 1.82) is 0 Å². The summed E-state index contributed by atoms with van der Waals surface area (Å²) in [6.45, 7) is 4.17. The van der Waals surface area contributed by atoms with Gasteiger partial charge in [0.05, 0.1) is 4.91 Å². The molecule has 1 amide bonds. The highest BCUT2D eigenvalue weighted by Crippen LogP contribution is 2.32. The Hall–Kier alpha value is -2.44. The molecule has 0 saturated carbocycles. The van der Waals surface area contributed by atoms with Crippen LogP contribution in [-0.2, 0) is 11.4 Å². The summed E-state index contributed by atoms with van der Waals surface area (Å²) in [5, 5.41) is 0. The van der Waals surface area contributed by atoms with Crippen LogP contribution in [0.5, 0.6) is 5.75 Å². The van der Waals surface area contributed by atoms with Gasteiger partial charge in [0.25, 0.3) is 5.91 Å². The minimum atomic E-state index is -0.297. The predicted molar refractivity (Wildman–Crippen MR) is 107 cm³/mol. The van der Waals surface area contributed by atoms with Crippen molar-refractivity contribution in [2.75, 3.05) is 6.54 Å². The molecule has 2 aromatic rings. The lowest BCUT2D eigenvalue weighted by molar-refractivity contribution is -0.121. The Morgan fingerprint density at radius 2 is 2.04 bits per heavy atom. The molecule has 1 heterocycles. The summed E-state index contributed by atoms with van der Waals surface area (Å²) >= 11 is 6.49. The fourth-order valence-corrected chi connectivity index (χ4v) is 3.68. The Morgan fingerprint density at radius 1 is 1.23 bits per heavy atom. The second kappa shape index (κ2) is 8.29. The van der Waals surface area contributed by atoms with Crippen molar-refractivity contribution in [2.45, 2.75) is 6.61 Å². The average molecular weight is 385 g/mol. The third-order valence-electron chi connectivity index (χ3n) is 3.69. The molecule has 132 valence electrons. The molecule has 0 aromatic heterocycles. The van der Waals surface area contributed by atoms with Gasteiger partial charge in [-0.2, -0.15) is 0 Å². The number of ether oxygens (including phenoxy) is 1. The minimum Gasteiger partial charge on any atom is -0.489 e. The van der Waals surface area contributed by atoms with Gasteiger partial charge in [0.1, 0.15) is 22.5 Å². The Morgan fingerprint density at radius 3 is 2.81 bits per heavy atom. The van der Waals surface area contributed by atoms with E-state index in [1.807, 2.05) is 12.1 Å². The number of thioether (sulfide) groups is 1. The first-order chi connectivity index (χ1) is 12.6. The number of carbonyl (C=O) groups is 1. The number of hydrogen-bond donors (Lipinski definition) is 0. The third kappa shape index (κ3) is 4.20. The highest BCUT2D eigenvalue weighted by molar-refractivity contribution is 8.26. The third-order valence-corrected chi connectivity index (χ3v) is 5.07. The number of nitrogens with zero attached hydrogens (tertiary/aromatic N) is 1. The monoisotopic (exact) mass is 385 g/mol. The van der Waals surface area contributed by atoms with E-state index in [9.17, 15) is 9.18 Å². The van der Waals surface area contributed by atoms with Crippen LogP contribution in [0.3, 0.4) is 0 Å². The van der Waals surface area contributed by atoms with E-state index in [0.29, 0.717) is 27.1 Å². The van der Waals surface area contributed by atoms with Gasteiger partial charge in [-0.3, -0.25) is 9.69 Å². The van der Waals surface area contributed by atoms with Crippen LogP contribution >= 0.6 is 24.0 Å². The zero-order valence-corrected chi connectivity index (χ0v) is 15.5. The molecule has 0 unspecified atom stereocenters. The molecule has 1 fully saturated rings. The van der Waals surface area contributed by atoms with Gasteiger partial charge >= 0.3 is 0 Å². The lowest BCUT2D eigenvalue weighted by Gasteiger charge is -2.10. The Balaban J connectivity index is 1.73. The van der Waals surface area contributed by atoms with Gasteiger partial charge in [0, 0.05) is 12.1 Å². The normalized spacial score (nSPS) is 15.6. The maximum Gasteiger partial charge on any atom is 0.266 e. The fourth-order valence-electron chi connectivity index (χ4n) is 2.41. The molecule has 0 N–H and O–H groups in total. The molecule has 0 spiro atoms. The van der Waals surface area contributed by atoms with Gasteiger partial charge in [-0.1, -0.05) is 60.4 Å². The summed E-state index contributed by atoms with van der Waals surface area (Å²) in [4.78, 5) is 14.4. The number of carbonyl (C=O) groups excluding carboxylic acids is 1. The van der Waals surface area contributed by atoms with Crippen LogP contribution in [0, 0.1) is 5.82 Å². The molecule has 0 bridgehead atoms. The summed E-state index contributed by atoms with van der Waals surface area (Å²) < 4.78 is 19.9. The van der Waals surface area contributed by atoms with Crippen molar-refractivity contribution < 1.29 is 13.9 Å². The smallest absolute Gasteiger partial charge is 0.266 e. The standard InChI is InChI=1S/C20H16FNO2S2/c1-2-10-22-19(23)18(26-20(22)25)12-14-6-5-8-16(11-14)24-13-15-7-3-4-9-17(15)21/h2-9,11-12H,1,10,13H2/b18-12+. The highest BCUT2D eigenvalue weighted by atomic mass is 32.2. The second-order valence-corrected chi connectivity index (χ2v) is 7.21. The van der Waals surface area contributed by atoms with E-state index in [1.165, 1.54) is 22.7 Å². The highest BCUT2D eigenvalue weighted by Gasteiger charge is 2.30. The second-order valence-electron chi connectivity index (χ2n) is 5.53. The number of thiocarbonyl (C=S) groups is 1. The van der Waals surface area contributed by atoms with Crippen LogP contribution < -0.4 is 4.74 Å². The molecule has 1 aliphatic heterocycles. The van der Waals surface area contributed by atoms with Crippen molar-refractivity contribution >= 4 is 40.3 Å². The van der Waals surface area contributed by atoms with Crippen LogP contribution in [0.25, 0.3) is 6.08 Å². The Kier molecular flexibility index (Phi) is 5.85. The van der Waals surface area contributed by atoms with Gasteiger partial charge in [-0.25, -0.2) is 4.39 Å². The number of benzene rings is 2. The van der Waals surface area contributed by atoms with Crippen LogP contribution in [0.2, 0.25) is 0 Å². The molecule has 6 heteroatoms. The predicted octanol–water partition coefficient (Wildman–Crippen LogP) is 4.79. The summed E-state index contributed by atoms with van der Waals surface area (Å²) in [6.07, 6.45) is 3.42. The first kappa shape index (κ1) is 18.4. The first-order valence-corrected chi connectivity index (χ1v) is 9.13. The summed E-state index contributed by atoms with van der Waals surface area (Å²) in [7, 11) is 0. The largest absolute Gasteiger partial charge is 0.489 e. The molecular weight excluding hydrogens is 369 g/mol. The van der Waals surface area contributed by atoms with E-state index in [1.54, 1.807) is 42.5 Å². The number of amides is 1. The van der Waals surface area contributed by atoms with Gasteiger partial charge in [0.2, 0.25) is 0 Å². The molecule has 1 aliphatic rings. The summed E-state index contributed by atoms with van der Waals surface area (Å²) in [6, 6.07) is 13.8. The molecule has 1 saturated heterocycles. The maximum absolute atomic E-state index is 13.7. The fraction of sp³-hybridized carbons (Fsp3) is 0.100. The Labute approximate surface area is 161 Å². The average Bonchev–Trinajstić information content (AvgIpc) is 2.89. The van der Waals surface area contributed by atoms with Gasteiger partial charge < -0.3 is 4.74 Å². The van der Waals surface area contributed by atoms with E-state index in [0.717, 1.165) is 5.56 Å². The van der Waals surface area contributed by atoms with E-state index in [2.05, 4.69) is 6.58 Å².